The summed E-state index contributed by atoms with van der Waals surface area (Å²) in [6.45, 7) is 1.45. The van der Waals surface area contributed by atoms with E-state index in [4.69, 9.17) is 0 Å². The number of halogens is 5. The lowest BCUT2D eigenvalue weighted by atomic mass is 10.1. The Kier molecular flexibility index (Phi) is 4.64. The van der Waals surface area contributed by atoms with Crippen molar-refractivity contribution in [1.29, 1.82) is 0 Å². The van der Waals surface area contributed by atoms with Gasteiger partial charge in [-0.2, -0.15) is 23.3 Å². The molecular weight excluding hydrogens is 377 g/mol. The van der Waals surface area contributed by atoms with Crippen molar-refractivity contribution in [2.75, 3.05) is 5.32 Å². The largest absolute Gasteiger partial charge is 0.471 e. The minimum absolute atomic E-state index is 0.00771. The van der Waals surface area contributed by atoms with Crippen LogP contribution in [-0.2, 0) is 6.18 Å². The van der Waals surface area contributed by atoms with Crippen LogP contribution in [-0.4, -0.2) is 26.2 Å². The van der Waals surface area contributed by atoms with E-state index in [0.717, 1.165) is 0 Å². The molecule has 2 aromatic heterocycles. The molecule has 0 saturated heterocycles. The molecule has 0 bridgehead atoms. The standard InChI is InChI=1S/C15H10F5N5O2/c1-6-9(10(11(16)17)24-23-6)21-13(26)8-4-2-3-7(5-8)12-22-14(27-25-12)15(18,19)20/h2-5,11H,1H3,(H,21,26)(H,23,24). The van der Waals surface area contributed by atoms with E-state index < -0.39 is 30.1 Å². The summed E-state index contributed by atoms with van der Waals surface area (Å²) in [5.41, 5.74) is -0.487. The monoisotopic (exact) mass is 387 g/mol. The zero-order chi connectivity index (χ0) is 19.8. The molecule has 0 aliphatic heterocycles. The van der Waals surface area contributed by atoms with Crippen molar-refractivity contribution >= 4 is 11.6 Å². The molecule has 2 heterocycles. The molecule has 0 atom stereocenters. The van der Waals surface area contributed by atoms with Crippen molar-refractivity contribution in [3.05, 3.63) is 47.1 Å². The molecule has 0 saturated carbocycles. The van der Waals surface area contributed by atoms with Gasteiger partial charge in [-0.3, -0.25) is 9.89 Å². The molecule has 1 aromatic carbocycles. The van der Waals surface area contributed by atoms with Gasteiger partial charge in [-0.1, -0.05) is 17.3 Å². The first-order valence-corrected chi connectivity index (χ1v) is 7.32. The molecule has 142 valence electrons. The van der Waals surface area contributed by atoms with Crippen molar-refractivity contribution < 1.29 is 31.3 Å². The van der Waals surface area contributed by atoms with E-state index in [9.17, 15) is 26.7 Å². The maximum absolute atomic E-state index is 12.9. The van der Waals surface area contributed by atoms with Crippen LogP contribution in [0.4, 0.5) is 27.6 Å². The van der Waals surface area contributed by atoms with Gasteiger partial charge in [0.2, 0.25) is 5.82 Å². The smallest absolute Gasteiger partial charge is 0.329 e. The van der Waals surface area contributed by atoms with E-state index in [-0.39, 0.29) is 28.3 Å². The van der Waals surface area contributed by atoms with E-state index in [1.807, 2.05) is 0 Å². The Balaban J connectivity index is 1.87. The van der Waals surface area contributed by atoms with Crippen LogP contribution in [0.25, 0.3) is 11.4 Å². The van der Waals surface area contributed by atoms with E-state index in [0.29, 0.717) is 0 Å². The summed E-state index contributed by atoms with van der Waals surface area (Å²) < 4.78 is 67.6. The summed E-state index contributed by atoms with van der Waals surface area (Å²) in [6, 6.07) is 5.30. The maximum atomic E-state index is 12.9. The third-order valence-corrected chi connectivity index (χ3v) is 3.47. The Morgan fingerprint density at radius 3 is 2.67 bits per heavy atom. The molecule has 0 aliphatic rings. The number of aromatic amines is 1. The number of hydrogen-bond donors (Lipinski definition) is 2. The van der Waals surface area contributed by atoms with Gasteiger partial charge in [0.15, 0.2) is 5.69 Å². The first kappa shape index (κ1) is 18.5. The van der Waals surface area contributed by atoms with Crippen molar-refractivity contribution in [2.24, 2.45) is 0 Å². The van der Waals surface area contributed by atoms with E-state index in [2.05, 4.69) is 30.2 Å². The number of amides is 1. The second kappa shape index (κ2) is 6.78. The molecule has 0 aliphatic carbocycles. The lowest BCUT2D eigenvalue weighted by Crippen LogP contribution is -2.13. The first-order valence-electron chi connectivity index (χ1n) is 7.32. The summed E-state index contributed by atoms with van der Waals surface area (Å²) in [4.78, 5) is 15.6. The topological polar surface area (TPSA) is 96.7 Å². The van der Waals surface area contributed by atoms with Crippen LogP contribution in [0.1, 0.15) is 34.1 Å². The van der Waals surface area contributed by atoms with Crippen LogP contribution in [0.2, 0.25) is 0 Å². The zero-order valence-corrected chi connectivity index (χ0v) is 13.4. The molecule has 2 N–H and O–H groups in total. The number of anilines is 1. The minimum atomic E-state index is -4.80. The SMILES string of the molecule is Cc1[nH]nc(C(F)F)c1NC(=O)c1cccc(-c2noc(C(F)(F)F)n2)c1. The number of hydrogen-bond acceptors (Lipinski definition) is 5. The lowest BCUT2D eigenvalue weighted by Gasteiger charge is -2.07. The van der Waals surface area contributed by atoms with Gasteiger partial charge in [0, 0.05) is 11.1 Å². The Morgan fingerprint density at radius 1 is 1.30 bits per heavy atom. The number of aromatic nitrogens is 4. The number of rotatable bonds is 4. The average molecular weight is 387 g/mol. The number of aryl methyl sites for hydroxylation is 1. The Morgan fingerprint density at radius 2 is 2.04 bits per heavy atom. The van der Waals surface area contributed by atoms with Crippen LogP contribution in [0, 0.1) is 6.92 Å². The molecule has 0 radical (unpaired) electrons. The second-order valence-corrected chi connectivity index (χ2v) is 5.37. The zero-order valence-electron chi connectivity index (χ0n) is 13.4. The Bertz CT molecular complexity index is 979. The van der Waals surface area contributed by atoms with E-state index in [1.165, 1.54) is 31.2 Å². The number of alkyl halides is 5. The second-order valence-electron chi connectivity index (χ2n) is 5.37. The number of H-pyrrole nitrogens is 1. The Labute approximate surface area is 147 Å². The number of carbonyl (C=O) groups excluding carboxylic acids is 1. The fraction of sp³-hybridized carbons (Fsp3) is 0.200. The fourth-order valence-corrected chi connectivity index (χ4v) is 2.20. The summed E-state index contributed by atoms with van der Waals surface area (Å²) in [6.07, 6.45) is -7.71. The lowest BCUT2D eigenvalue weighted by molar-refractivity contribution is -0.159. The van der Waals surface area contributed by atoms with Gasteiger partial charge >= 0.3 is 12.1 Å². The summed E-state index contributed by atoms with van der Waals surface area (Å²) in [5, 5.41) is 11.3. The highest BCUT2D eigenvalue weighted by Gasteiger charge is 2.38. The molecule has 3 rings (SSSR count). The van der Waals surface area contributed by atoms with E-state index >= 15 is 0 Å². The van der Waals surface area contributed by atoms with Crippen molar-refractivity contribution in [3.8, 4) is 11.4 Å². The highest BCUT2D eigenvalue weighted by atomic mass is 19.4. The van der Waals surface area contributed by atoms with Gasteiger partial charge < -0.3 is 9.84 Å². The highest BCUT2D eigenvalue weighted by molar-refractivity contribution is 6.05. The molecule has 0 fully saturated rings. The minimum Gasteiger partial charge on any atom is -0.329 e. The third-order valence-electron chi connectivity index (χ3n) is 3.47. The molecule has 1 amide bonds. The van der Waals surface area contributed by atoms with Crippen molar-refractivity contribution in [3.63, 3.8) is 0 Å². The highest BCUT2D eigenvalue weighted by Crippen LogP contribution is 2.30. The molecule has 0 unspecified atom stereocenters. The fourth-order valence-electron chi connectivity index (χ4n) is 2.20. The van der Waals surface area contributed by atoms with Gasteiger partial charge in [-0.15, -0.1) is 0 Å². The molecule has 7 nitrogen and oxygen atoms in total. The third kappa shape index (κ3) is 3.78. The van der Waals surface area contributed by atoms with Gasteiger partial charge in [0.05, 0.1) is 11.4 Å². The van der Waals surface area contributed by atoms with Crippen LogP contribution in [0.15, 0.2) is 28.8 Å². The average Bonchev–Trinajstić information content (AvgIpc) is 3.23. The normalized spacial score (nSPS) is 11.8. The van der Waals surface area contributed by atoms with Gasteiger partial charge in [0.1, 0.15) is 0 Å². The molecule has 3 aromatic rings. The number of nitrogens with one attached hydrogen (secondary N) is 2. The predicted octanol–water partition coefficient (Wildman–Crippen LogP) is 3.98. The molecular formula is C15H10F5N5O2. The van der Waals surface area contributed by atoms with Crippen LogP contribution in [0.5, 0.6) is 0 Å². The quantitative estimate of drug-likeness (QED) is 0.660. The van der Waals surface area contributed by atoms with E-state index in [1.54, 1.807) is 0 Å². The maximum Gasteiger partial charge on any atom is 0.471 e. The summed E-state index contributed by atoms with van der Waals surface area (Å²) >= 11 is 0. The number of nitrogens with zero attached hydrogens (tertiary/aromatic N) is 3. The molecule has 0 spiro atoms. The van der Waals surface area contributed by atoms with Crippen LogP contribution in [0.3, 0.4) is 0 Å². The number of carbonyl (C=O) groups is 1. The Hall–Kier alpha value is -3.31. The van der Waals surface area contributed by atoms with Crippen molar-refractivity contribution in [2.45, 2.75) is 19.5 Å². The van der Waals surface area contributed by atoms with Crippen molar-refractivity contribution in [1.82, 2.24) is 20.3 Å². The van der Waals surface area contributed by atoms with Gasteiger partial charge in [0.25, 0.3) is 12.3 Å². The summed E-state index contributed by atoms with van der Waals surface area (Å²) in [7, 11) is 0. The van der Waals surface area contributed by atoms with Crippen LogP contribution >= 0.6 is 0 Å². The molecule has 12 heteroatoms. The summed E-state index contributed by atoms with van der Waals surface area (Å²) in [5.74, 6) is -2.66. The van der Waals surface area contributed by atoms with Gasteiger partial charge in [-0.05, 0) is 19.1 Å². The molecule has 27 heavy (non-hydrogen) atoms. The first-order chi connectivity index (χ1) is 12.7. The van der Waals surface area contributed by atoms with Gasteiger partial charge in [-0.25, -0.2) is 8.78 Å². The predicted molar refractivity (Wildman–Crippen MR) is 81.0 cm³/mol. The number of benzene rings is 1. The van der Waals surface area contributed by atoms with Crippen LogP contribution < -0.4 is 5.32 Å².